The third-order valence-corrected chi connectivity index (χ3v) is 5.92. The second-order valence-corrected chi connectivity index (χ2v) is 5.19. The standard InChI is InChI=1S/C7H3Br4/c1-3-2-4(8)6(10)7(11)5(3)9/h2H,1H2. The van der Waals surface area contributed by atoms with Crippen LogP contribution in [0.4, 0.5) is 0 Å². The van der Waals surface area contributed by atoms with Crippen LogP contribution in [0.5, 0.6) is 0 Å². The zero-order valence-electron chi connectivity index (χ0n) is 5.30. The number of rotatable bonds is 0. The van der Waals surface area contributed by atoms with Gasteiger partial charge in [0.15, 0.2) is 0 Å². The summed E-state index contributed by atoms with van der Waals surface area (Å²) in [6, 6.07) is 1.94. The van der Waals surface area contributed by atoms with E-state index in [0.29, 0.717) is 0 Å². The van der Waals surface area contributed by atoms with Gasteiger partial charge in [-0.2, -0.15) is 0 Å². The molecule has 1 rings (SSSR count). The summed E-state index contributed by atoms with van der Waals surface area (Å²) in [7, 11) is 0. The second kappa shape index (κ2) is 3.90. The first-order chi connectivity index (χ1) is 5.04. The second-order valence-electron chi connectivity index (χ2n) is 1.96. The third kappa shape index (κ3) is 2.08. The third-order valence-electron chi connectivity index (χ3n) is 1.18. The van der Waals surface area contributed by atoms with E-state index < -0.39 is 0 Å². The average Bonchev–Trinajstić information content (AvgIpc) is 1.97. The maximum absolute atomic E-state index is 3.86. The molecule has 0 saturated heterocycles. The van der Waals surface area contributed by atoms with Gasteiger partial charge in [-0.15, -0.1) is 0 Å². The molecule has 1 radical (unpaired) electrons. The molecule has 59 valence electrons. The molecule has 1 aromatic rings. The van der Waals surface area contributed by atoms with Crippen molar-refractivity contribution in [1.29, 1.82) is 0 Å². The molecular weight excluding hydrogens is 404 g/mol. The van der Waals surface area contributed by atoms with Crippen LogP contribution in [0.3, 0.4) is 0 Å². The van der Waals surface area contributed by atoms with Gasteiger partial charge in [-0.1, -0.05) is 0 Å². The molecule has 0 heterocycles. The lowest BCUT2D eigenvalue weighted by molar-refractivity contribution is 1.44. The molecule has 4 heteroatoms. The van der Waals surface area contributed by atoms with Gasteiger partial charge < -0.3 is 0 Å². The Morgan fingerprint density at radius 1 is 0.909 bits per heavy atom. The molecule has 0 nitrogen and oxygen atoms in total. The Hall–Kier alpha value is 1.14. The van der Waals surface area contributed by atoms with Crippen LogP contribution in [0.2, 0.25) is 0 Å². The first-order valence-electron chi connectivity index (χ1n) is 2.69. The molecule has 11 heavy (non-hydrogen) atoms. The van der Waals surface area contributed by atoms with Gasteiger partial charge in [0.05, 0.1) is 0 Å². The summed E-state index contributed by atoms with van der Waals surface area (Å²) >= 11 is 13.6. The predicted octanol–water partition coefficient (Wildman–Crippen LogP) is 4.92. The van der Waals surface area contributed by atoms with Crippen molar-refractivity contribution in [3.8, 4) is 0 Å². The summed E-state index contributed by atoms with van der Waals surface area (Å²) < 4.78 is 3.96. The highest BCUT2D eigenvalue weighted by Gasteiger charge is 2.08. The molecule has 1 aromatic carbocycles. The lowest BCUT2D eigenvalue weighted by atomic mass is 10.2. The maximum Gasteiger partial charge on any atom is 0.0473 e. The molecule has 0 fully saturated rings. The first kappa shape index (κ1) is 10.2. The monoisotopic (exact) mass is 403 g/mol. The van der Waals surface area contributed by atoms with E-state index >= 15 is 0 Å². The Kier molecular flexibility index (Phi) is 3.62. The fraction of sp³-hybridized carbons (Fsp3) is 0. The maximum atomic E-state index is 3.86. The molecule has 0 N–H and O–H groups in total. The highest BCUT2D eigenvalue weighted by atomic mass is 79.9. The van der Waals surface area contributed by atoms with Gasteiger partial charge in [0.25, 0.3) is 0 Å². The lowest BCUT2D eigenvalue weighted by Crippen LogP contribution is -1.80. The minimum Gasteiger partial charge on any atom is -0.0496 e. The summed E-state index contributed by atoms with van der Waals surface area (Å²) in [4.78, 5) is 0. The lowest BCUT2D eigenvalue weighted by Gasteiger charge is -2.05. The van der Waals surface area contributed by atoms with Crippen LogP contribution in [-0.4, -0.2) is 0 Å². The SMILES string of the molecule is [CH2]c1cc(Br)c(Br)c(Br)c1Br. The normalized spacial score (nSPS) is 10.3. The van der Waals surface area contributed by atoms with E-state index in [0.717, 1.165) is 23.5 Å². The number of hydrogen-bond acceptors (Lipinski definition) is 0. The molecule has 0 saturated carbocycles. The Labute approximate surface area is 99.3 Å². The molecule has 0 atom stereocenters. The molecule has 0 amide bonds. The van der Waals surface area contributed by atoms with Crippen molar-refractivity contribution < 1.29 is 0 Å². The Morgan fingerprint density at radius 2 is 1.45 bits per heavy atom. The van der Waals surface area contributed by atoms with Crippen molar-refractivity contribution in [2.45, 2.75) is 0 Å². The largest absolute Gasteiger partial charge is 0.0496 e. The van der Waals surface area contributed by atoms with Crippen LogP contribution in [0.1, 0.15) is 5.56 Å². The van der Waals surface area contributed by atoms with Crippen molar-refractivity contribution >= 4 is 63.7 Å². The van der Waals surface area contributed by atoms with Gasteiger partial charge in [0, 0.05) is 17.9 Å². The summed E-state index contributed by atoms with van der Waals surface area (Å²) in [6.45, 7) is 3.86. The van der Waals surface area contributed by atoms with E-state index in [1.165, 1.54) is 0 Å². The summed E-state index contributed by atoms with van der Waals surface area (Å²) in [5.41, 5.74) is 0.951. The van der Waals surface area contributed by atoms with E-state index in [1.807, 2.05) is 6.07 Å². The fourth-order valence-corrected chi connectivity index (χ4v) is 2.72. The molecule has 0 bridgehead atoms. The Morgan fingerprint density at radius 3 is 2.00 bits per heavy atom. The Balaban J connectivity index is 3.46. The van der Waals surface area contributed by atoms with Crippen LogP contribution in [-0.2, 0) is 0 Å². The van der Waals surface area contributed by atoms with Crippen molar-refractivity contribution in [2.24, 2.45) is 0 Å². The zero-order valence-corrected chi connectivity index (χ0v) is 11.6. The van der Waals surface area contributed by atoms with Gasteiger partial charge in [-0.25, -0.2) is 0 Å². The smallest absolute Gasteiger partial charge is 0.0473 e. The fourth-order valence-electron chi connectivity index (χ4n) is 0.622. The molecule has 0 aliphatic carbocycles. The highest BCUT2D eigenvalue weighted by Crippen LogP contribution is 2.38. The van der Waals surface area contributed by atoms with E-state index in [2.05, 4.69) is 70.6 Å². The van der Waals surface area contributed by atoms with Crippen molar-refractivity contribution in [3.63, 3.8) is 0 Å². The number of halogens is 4. The van der Waals surface area contributed by atoms with Crippen LogP contribution in [0, 0.1) is 6.92 Å². The van der Waals surface area contributed by atoms with Crippen LogP contribution < -0.4 is 0 Å². The summed E-state index contributed by atoms with van der Waals surface area (Å²) in [5.74, 6) is 0. The predicted molar refractivity (Wildman–Crippen MR) is 61.7 cm³/mol. The molecule has 0 aliphatic heterocycles. The topological polar surface area (TPSA) is 0 Å². The first-order valence-corrected chi connectivity index (χ1v) is 5.86. The number of hydrogen-bond donors (Lipinski definition) is 0. The molecule has 0 unspecified atom stereocenters. The van der Waals surface area contributed by atoms with Crippen LogP contribution in [0.15, 0.2) is 24.0 Å². The Bertz CT molecular complexity index is 267. The molecule has 0 aliphatic rings. The van der Waals surface area contributed by atoms with Crippen molar-refractivity contribution in [1.82, 2.24) is 0 Å². The molecule has 0 spiro atoms. The summed E-state index contributed by atoms with van der Waals surface area (Å²) in [5, 5.41) is 0. The van der Waals surface area contributed by atoms with E-state index in [-0.39, 0.29) is 0 Å². The molecule has 0 aromatic heterocycles. The van der Waals surface area contributed by atoms with E-state index in [9.17, 15) is 0 Å². The molecular formula is C7H3Br4. The minimum atomic E-state index is 0.951. The van der Waals surface area contributed by atoms with Gasteiger partial charge >= 0.3 is 0 Å². The summed E-state index contributed by atoms with van der Waals surface area (Å²) in [6.07, 6.45) is 0. The van der Waals surface area contributed by atoms with Crippen LogP contribution >= 0.6 is 63.7 Å². The zero-order chi connectivity index (χ0) is 8.59. The highest BCUT2D eigenvalue weighted by molar-refractivity contribution is 9.15. The quantitative estimate of drug-likeness (QED) is 0.424. The minimum absolute atomic E-state index is 0.951. The average molecular weight is 407 g/mol. The van der Waals surface area contributed by atoms with E-state index in [4.69, 9.17) is 0 Å². The van der Waals surface area contributed by atoms with Crippen LogP contribution in [0.25, 0.3) is 0 Å². The van der Waals surface area contributed by atoms with Gasteiger partial charge in [-0.3, -0.25) is 0 Å². The van der Waals surface area contributed by atoms with Gasteiger partial charge in [0.1, 0.15) is 0 Å². The van der Waals surface area contributed by atoms with Crippen molar-refractivity contribution in [2.75, 3.05) is 0 Å². The van der Waals surface area contributed by atoms with Gasteiger partial charge in [-0.05, 0) is 82.3 Å². The van der Waals surface area contributed by atoms with Crippen molar-refractivity contribution in [3.05, 3.63) is 36.4 Å². The van der Waals surface area contributed by atoms with Gasteiger partial charge in [0.2, 0.25) is 0 Å². The van der Waals surface area contributed by atoms with E-state index in [1.54, 1.807) is 0 Å². The number of benzene rings is 1.